The molecule has 0 spiro atoms. The van der Waals surface area contributed by atoms with Gasteiger partial charge in [0.25, 0.3) is 0 Å². The van der Waals surface area contributed by atoms with Crippen LogP contribution in [-0.2, 0) is 20.8 Å². The van der Waals surface area contributed by atoms with Gasteiger partial charge in [0.1, 0.15) is 12.6 Å². The third-order valence-corrected chi connectivity index (χ3v) is 3.84. The summed E-state index contributed by atoms with van der Waals surface area (Å²) in [7, 11) is 1.42. The maximum absolute atomic E-state index is 12.3. The molecule has 1 aromatic rings. The number of hydrogen-bond donors (Lipinski definition) is 2. The number of nitrogens with one attached hydrogen (secondary N) is 1. The van der Waals surface area contributed by atoms with Crippen LogP contribution in [-0.4, -0.2) is 59.4 Å². The number of benzene rings is 1. The molecule has 1 aromatic carbocycles. The van der Waals surface area contributed by atoms with E-state index >= 15 is 0 Å². The minimum Gasteiger partial charge on any atom is -0.480 e. The van der Waals surface area contributed by atoms with E-state index in [9.17, 15) is 14.4 Å². The molecule has 0 heterocycles. The van der Waals surface area contributed by atoms with Crippen molar-refractivity contribution in [1.29, 1.82) is 0 Å². The average Bonchev–Trinajstić information content (AvgIpc) is 2.51. The summed E-state index contributed by atoms with van der Waals surface area (Å²) in [6, 6.07) is 8.54. The molecule has 1 rings (SSSR count). The van der Waals surface area contributed by atoms with Gasteiger partial charge in [0.2, 0.25) is 11.8 Å². The minimum atomic E-state index is -1.08. The van der Waals surface area contributed by atoms with Crippen LogP contribution in [0.15, 0.2) is 30.3 Å². The molecule has 0 aliphatic rings. The van der Waals surface area contributed by atoms with Crippen LogP contribution in [0, 0.1) is 0 Å². The third-order valence-electron chi connectivity index (χ3n) is 3.20. The van der Waals surface area contributed by atoms with Crippen molar-refractivity contribution in [1.82, 2.24) is 10.2 Å². The van der Waals surface area contributed by atoms with Crippen LogP contribution in [0.2, 0.25) is 0 Å². The lowest BCUT2D eigenvalue weighted by atomic mass is 10.1. The monoisotopic (exact) mass is 338 g/mol. The van der Waals surface area contributed by atoms with Crippen LogP contribution in [0.1, 0.15) is 12.0 Å². The lowest BCUT2D eigenvalue weighted by molar-refractivity contribution is -0.144. The van der Waals surface area contributed by atoms with E-state index in [1.54, 1.807) is 11.8 Å². The lowest BCUT2D eigenvalue weighted by Gasteiger charge is -2.23. The molecule has 0 fully saturated rings. The molecule has 1 atom stereocenters. The fourth-order valence-electron chi connectivity index (χ4n) is 2.07. The van der Waals surface area contributed by atoms with Gasteiger partial charge in [-0.2, -0.15) is 11.8 Å². The minimum absolute atomic E-state index is 0.187. The van der Waals surface area contributed by atoms with Gasteiger partial charge >= 0.3 is 5.97 Å². The standard InChI is InChI=1S/C16H22N2O4S/c1-18(11-15(20)21)16(22)13(8-9-23-2)17-14(19)10-12-6-4-3-5-7-12/h3-7,13H,8-11H2,1-2H3,(H,17,19)(H,20,21). The first kappa shape index (κ1) is 19.0. The number of carbonyl (C=O) groups excluding carboxylic acids is 2. The van der Waals surface area contributed by atoms with Gasteiger partial charge in [0, 0.05) is 7.05 Å². The van der Waals surface area contributed by atoms with Crippen molar-refractivity contribution in [3.63, 3.8) is 0 Å². The van der Waals surface area contributed by atoms with Crippen LogP contribution in [0.3, 0.4) is 0 Å². The Labute approximate surface area is 140 Å². The Bertz CT molecular complexity index is 536. The summed E-state index contributed by atoms with van der Waals surface area (Å²) in [4.78, 5) is 36.3. The van der Waals surface area contributed by atoms with E-state index in [1.165, 1.54) is 7.05 Å². The highest BCUT2D eigenvalue weighted by molar-refractivity contribution is 7.98. The van der Waals surface area contributed by atoms with Crippen LogP contribution in [0.5, 0.6) is 0 Å². The largest absolute Gasteiger partial charge is 0.480 e. The number of amides is 2. The van der Waals surface area contributed by atoms with E-state index in [0.717, 1.165) is 10.5 Å². The van der Waals surface area contributed by atoms with Gasteiger partial charge in [-0.1, -0.05) is 30.3 Å². The average molecular weight is 338 g/mol. The predicted molar refractivity (Wildman–Crippen MR) is 90.3 cm³/mol. The number of hydrogen-bond acceptors (Lipinski definition) is 4. The van der Waals surface area contributed by atoms with Gasteiger partial charge in [0.05, 0.1) is 6.42 Å². The number of aliphatic carboxylic acids is 1. The lowest BCUT2D eigenvalue weighted by Crippen LogP contribution is -2.49. The van der Waals surface area contributed by atoms with Gasteiger partial charge in [-0.25, -0.2) is 0 Å². The molecule has 126 valence electrons. The van der Waals surface area contributed by atoms with Crippen molar-refractivity contribution in [3.05, 3.63) is 35.9 Å². The highest BCUT2D eigenvalue weighted by Gasteiger charge is 2.24. The number of carbonyl (C=O) groups is 3. The maximum Gasteiger partial charge on any atom is 0.323 e. The molecule has 0 saturated carbocycles. The van der Waals surface area contributed by atoms with E-state index in [0.29, 0.717) is 12.2 Å². The Morgan fingerprint density at radius 1 is 1.26 bits per heavy atom. The molecule has 2 amide bonds. The summed E-state index contributed by atoms with van der Waals surface area (Å²) in [5.41, 5.74) is 0.861. The zero-order valence-corrected chi connectivity index (χ0v) is 14.1. The Morgan fingerprint density at radius 3 is 2.48 bits per heavy atom. The molecule has 0 saturated heterocycles. The van der Waals surface area contributed by atoms with Crippen molar-refractivity contribution in [3.8, 4) is 0 Å². The van der Waals surface area contributed by atoms with Crippen LogP contribution >= 0.6 is 11.8 Å². The smallest absolute Gasteiger partial charge is 0.323 e. The molecule has 0 radical (unpaired) electrons. The second kappa shape index (κ2) is 9.89. The van der Waals surface area contributed by atoms with E-state index in [-0.39, 0.29) is 24.8 Å². The number of carboxylic acid groups (broad SMARTS) is 1. The van der Waals surface area contributed by atoms with Gasteiger partial charge in [0.15, 0.2) is 0 Å². The molecule has 0 aromatic heterocycles. The van der Waals surface area contributed by atoms with Crippen LogP contribution < -0.4 is 5.32 Å². The van der Waals surface area contributed by atoms with Crippen molar-refractivity contribution in [2.45, 2.75) is 18.9 Å². The first-order valence-corrected chi connectivity index (χ1v) is 8.62. The highest BCUT2D eigenvalue weighted by atomic mass is 32.2. The zero-order chi connectivity index (χ0) is 17.2. The molecule has 23 heavy (non-hydrogen) atoms. The fourth-order valence-corrected chi connectivity index (χ4v) is 2.54. The number of carboxylic acids is 1. The van der Waals surface area contributed by atoms with E-state index in [4.69, 9.17) is 5.11 Å². The predicted octanol–water partition coefficient (Wildman–Crippen LogP) is 1.01. The second-order valence-electron chi connectivity index (χ2n) is 5.15. The van der Waals surface area contributed by atoms with Gasteiger partial charge in [-0.15, -0.1) is 0 Å². The van der Waals surface area contributed by atoms with E-state index in [2.05, 4.69) is 5.32 Å². The molecule has 0 aliphatic heterocycles. The summed E-state index contributed by atoms with van der Waals surface area (Å²) in [6.45, 7) is -0.386. The maximum atomic E-state index is 12.3. The van der Waals surface area contributed by atoms with Gasteiger partial charge < -0.3 is 15.3 Å². The third kappa shape index (κ3) is 7.19. The summed E-state index contributed by atoms with van der Waals surface area (Å²) in [5.74, 6) is -1.02. The van der Waals surface area contributed by atoms with Crippen molar-refractivity contribution in [2.75, 3.05) is 25.6 Å². The molecular weight excluding hydrogens is 316 g/mol. The summed E-state index contributed by atoms with van der Waals surface area (Å²) in [6.07, 6.45) is 2.56. The van der Waals surface area contributed by atoms with Crippen molar-refractivity contribution < 1.29 is 19.5 Å². The highest BCUT2D eigenvalue weighted by Crippen LogP contribution is 2.06. The summed E-state index contributed by atoms with van der Waals surface area (Å²) in [5, 5.41) is 11.5. The number of thioether (sulfide) groups is 1. The number of rotatable bonds is 9. The molecule has 1 unspecified atom stereocenters. The first-order chi connectivity index (χ1) is 10.9. The zero-order valence-electron chi connectivity index (χ0n) is 13.3. The fraction of sp³-hybridized carbons (Fsp3) is 0.438. The topological polar surface area (TPSA) is 86.7 Å². The SMILES string of the molecule is CSCCC(NC(=O)Cc1ccccc1)C(=O)N(C)CC(=O)O. The summed E-state index contributed by atoms with van der Waals surface area (Å²) >= 11 is 1.57. The van der Waals surface area contributed by atoms with Crippen LogP contribution in [0.4, 0.5) is 0 Å². The molecule has 7 heteroatoms. The Balaban J connectivity index is 2.67. The Kier molecular flexibility index (Phi) is 8.18. The normalized spacial score (nSPS) is 11.6. The number of nitrogens with zero attached hydrogens (tertiary/aromatic N) is 1. The first-order valence-electron chi connectivity index (χ1n) is 7.23. The van der Waals surface area contributed by atoms with Gasteiger partial charge in [-0.05, 0) is 24.0 Å². The number of likely N-dealkylation sites (N-methyl/N-ethyl adjacent to an activating group) is 1. The van der Waals surface area contributed by atoms with Crippen molar-refractivity contribution >= 4 is 29.5 Å². The van der Waals surface area contributed by atoms with Crippen molar-refractivity contribution in [2.24, 2.45) is 0 Å². The van der Waals surface area contributed by atoms with E-state index in [1.807, 2.05) is 36.6 Å². The summed E-state index contributed by atoms with van der Waals surface area (Å²) < 4.78 is 0. The second-order valence-corrected chi connectivity index (χ2v) is 6.14. The molecular formula is C16H22N2O4S. The molecule has 0 bridgehead atoms. The molecule has 2 N–H and O–H groups in total. The molecule has 0 aliphatic carbocycles. The Morgan fingerprint density at radius 2 is 1.91 bits per heavy atom. The Hall–Kier alpha value is -2.02. The quantitative estimate of drug-likeness (QED) is 0.702. The van der Waals surface area contributed by atoms with E-state index < -0.39 is 12.0 Å². The molecule has 6 nitrogen and oxygen atoms in total. The van der Waals surface area contributed by atoms with Gasteiger partial charge in [-0.3, -0.25) is 14.4 Å². The van der Waals surface area contributed by atoms with Crippen LogP contribution in [0.25, 0.3) is 0 Å².